The van der Waals surface area contributed by atoms with E-state index < -0.39 is 9.84 Å². The number of hydrogen-bond donors (Lipinski definition) is 1. The molecule has 3 unspecified atom stereocenters. The summed E-state index contributed by atoms with van der Waals surface area (Å²) in [5.41, 5.74) is 7.28. The Labute approximate surface area is 132 Å². The van der Waals surface area contributed by atoms with Gasteiger partial charge in [-0.25, -0.2) is 8.42 Å². The Kier molecular flexibility index (Phi) is 5.30. The molecule has 21 heavy (non-hydrogen) atoms. The molecule has 118 valence electrons. The van der Waals surface area contributed by atoms with Gasteiger partial charge >= 0.3 is 0 Å². The van der Waals surface area contributed by atoms with E-state index in [0.29, 0.717) is 11.4 Å². The van der Waals surface area contributed by atoms with Gasteiger partial charge in [-0.2, -0.15) is 0 Å². The molecule has 1 aromatic rings. The van der Waals surface area contributed by atoms with Crippen molar-refractivity contribution in [2.45, 2.75) is 37.9 Å². The van der Waals surface area contributed by atoms with Crippen molar-refractivity contribution < 1.29 is 8.42 Å². The summed E-state index contributed by atoms with van der Waals surface area (Å²) >= 11 is 6.33. The summed E-state index contributed by atoms with van der Waals surface area (Å²) in [6.45, 7) is 2.04. The van der Waals surface area contributed by atoms with Crippen LogP contribution >= 0.6 is 11.6 Å². The SMILES string of the molecule is CCC(N)C(c1ccccc1Cl)N(C)C1CCS(=O)(=O)C1. The van der Waals surface area contributed by atoms with Crippen molar-refractivity contribution in [3.63, 3.8) is 0 Å². The largest absolute Gasteiger partial charge is 0.326 e. The predicted octanol–water partition coefficient (Wildman–Crippen LogP) is 2.24. The fourth-order valence-corrected chi connectivity index (χ4v) is 5.05. The van der Waals surface area contributed by atoms with Crippen LogP contribution < -0.4 is 5.73 Å². The van der Waals surface area contributed by atoms with Gasteiger partial charge < -0.3 is 5.73 Å². The molecule has 0 radical (unpaired) electrons. The Morgan fingerprint density at radius 2 is 2.10 bits per heavy atom. The Balaban J connectivity index is 2.31. The van der Waals surface area contributed by atoms with Gasteiger partial charge in [0.15, 0.2) is 9.84 Å². The molecule has 1 fully saturated rings. The molecule has 2 N–H and O–H groups in total. The van der Waals surface area contributed by atoms with Gasteiger partial charge in [0.1, 0.15) is 0 Å². The highest BCUT2D eigenvalue weighted by Crippen LogP contribution is 2.33. The summed E-state index contributed by atoms with van der Waals surface area (Å²) in [7, 11) is -0.961. The zero-order chi connectivity index (χ0) is 15.6. The Bertz CT molecular complexity index is 591. The van der Waals surface area contributed by atoms with E-state index in [-0.39, 0.29) is 29.6 Å². The van der Waals surface area contributed by atoms with E-state index in [2.05, 4.69) is 4.90 Å². The molecule has 0 saturated carbocycles. The smallest absolute Gasteiger partial charge is 0.151 e. The number of likely N-dealkylation sites (N-methyl/N-ethyl adjacent to an activating group) is 1. The van der Waals surface area contributed by atoms with Crippen molar-refractivity contribution in [2.24, 2.45) is 5.73 Å². The monoisotopic (exact) mass is 330 g/mol. The van der Waals surface area contributed by atoms with Gasteiger partial charge in [-0.1, -0.05) is 36.7 Å². The molecule has 1 aliphatic rings. The molecular weight excluding hydrogens is 308 g/mol. The second-order valence-electron chi connectivity index (χ2n) is 5.76. The topological polar surface area (TPSA) is 63.4 Å². The molecule has 4 nitrogen and oxygen atoms in total. The zero-order valence-corrected chi connectivity index (χ0v) is 14.1. The molecule has 1 aliphatic heterocycles. The minimum Gasteiger partial charge on any atom is -0.326 e. The maximum absolute atomic E-state index is 11.7. The second-order valence-corrected chi connectivity index (χ2v) is 8.40. The molecule has 0 bridgehead atoms. The molecular formula is C15H23ClN2O2S. The van der Waals surface area contributed by atoms with Gasteiger partial charge in [0.05, 0.1) is 17.5 Å². The zero-order valence-electron chi connectivity index (χ0n) is 12.5. The van der Waals surface area contributed by atoms with Gasteiger partial charge in [-0.3, -0.25) is 4.90 Å². The van der Waals surface area contributed by atoms with Gasteiger partial charge in [-0.15, -0.1) is 0 Å². The standard InChI is InChI=1S/C15H23ClN2O2S/c1-3-14(17)15(12-6-4-5-7-13(12)16)18(2)11-8-9-21(19,20)10-11/h4-7,11,14-15H,3,8-10,17H2,1-2H3. The highest BCUT2D eigenvalue weighted by Gasteiger charge is 2.36. The maximum Gasteiger partial charge on any atom is 0.151 e. The van der Waals surface area contributed by atoms with Crippen LogP contribution in [0.2, 0.25) is 5.02 Å². The first-order valence-electron chi connectivity index (χ1n) is 7.28. The molecule has 2 rings (SSSR count). The van der Waals surface area contributed by atoms with Crippen molar-refractivity contribution in [1.82, 2.24) is 4.90 Å². The van der Waals surface area contributed by atoms with Gasteiger partial charge in [-0.05, 0) is 31.5 Å². The fraction of sp³-hybridized carbons (Fsp3) is 0.600. The minimum absolute atomic E-state index is 0.00822. The summed E-state index contributed by atoms with van der Waals surface area (Å²) in [6, 6.07) is 7.51. The van der Waals surface area contributed by atoms with Crippen LogP contribution in [0, 0.1) is 0 Å². The van der Waals surface area contributed by atoms with Gasteiger partial charge in [0.2, 0.25) is 0 Å². The third-order valence-electron chi connectivity index (χ3n) is 4.32. The molecule has 1 saturated heterocycles. The van der Waals surface area contributed by atoms with Crippen LogP contribution in [-0.2, 0) is 9.84 Å². The number of rotatable bonds is 5. The summed E-state index contributed by atoms with van der Waals surface area (Å²) in [4.78, 5) is 2.10. The van der Waals surface area contributed by atoms with Crippen LogP contribution in [0.15, 0.2) is 24.3 Å². The lowest BCUT2D eigenvalue weighted by Crippen LogP contribution is -2.44. The van der Waals surface area contributed by atoms with Crippen molar-refractivity contribution in [3.8, 4) is 0 Å². The first kappa shape index (κ1) is 16.7. The average molecular weight is 331 g/mol. The first-order chi connectivity index (χ1) is 9.85. The number of sulfone groups is 1. The maximum atomic E-state index is 11.7. The van der Waals surface area contributed by atoms with Crippen LogP contribution in [0.1, 0.15) is 31.4 Å². The summed E-state index contributed by atoms with van der Waals surface area (Å²) in [6.07, 6.45) is 1.47. The van der Waals surface area contributed by atoms with Crippen molar-refractivity contribution in [3.05, 3.63) is 34.9 Å². The van der Waals surface area contributed by atoms with E-state index >= 15 is 0 Å². The van der Waals surface area contributed by atoms with Crippen LogP contribution in [0.25, 0.3) is 0 Å². The lowest BCUT2D eigenvalue weighted by atomic mass is 9.95. The van der Waals surface area contributed by atoms with E-state index in [4.69, 9.17) is 17.3 Å². The Hall–Kier alpha value is -0.620. The predicted molar refractivity (Wildman–Crippen MR) is 87.3 cm³/mol. The number of benzene rings is 1. The number of halogens is 1. The number of nitrogens with two attached hydrogens (primary N) is 1. The first-order valence-corrected chi connectivity index (χ1v) is 9.48. The molecule has 0 amide bonds. The van der Waals surface area contributed by atoms with Crippen LogP contribution in [0.3, 0.4) is 0 Å². The number of nitrogens with zero attached hydrogens (tertiary/aromatic N) is 1. The minimum atomic E-state index is -2.91. The van der Waals surface area contributed by atoms with Crippen molar-refractivity contribution in [2.75, 3.05) is 18.6 Å². The third-order valence-corrected chi connectivity index (χ3v) is 6.42. The lowest BCUT2D eigenvalue weighted by molar-refractivity contribution is 0.161. The quantitative estimate of drug-likeness (QED) is 0.899. The van der Waals surface area contributed by atoms with Crippen molar-refractivity contribution in [1.29, 1.82) is 0 Å². The van der Waals surface area contributed by atoms with E-state index in [1.807, 2.05) is 38.2 Å². The molecule has 0 spiro atoms. The molecule has 0 aromatic heterocycles. The summed E-state index contributed by atoms with van der Waals surface area (Å²) in [5, 5.41) is 0.680. The van der Waals surface area contributed by atoms with Crippen LogP contribution in [0.4, 0.5) is 0 Å². The van der Waals surface area contributed by atoms with Crippen LogP contribution in [0.5, 0.6) is 0 Å². The third kappa shape index (κ3) is 3.77. The highest BCUT2D eigenvalue weighted by atomic mass is 35.5. The fourth-order valence-electron chi connectivity index (χ4n) is 3.01. The Morgan fingerprint density at radius 3 is 2.62 bits per heavy atom. The normalized spacial score (nSPS) is 24.1. The van der Waals surface area contributed by atoms with E-state index in [9.17, 15) is 8.42 Å². The van der Waals surface area contributed by atoms with E-state index in [0.717, 1.165) is 12.0 Å². The molecule has 3 atom stereocenters. The molecule has 6 heteroatoms. The van der Waals surface area contributed by atoms with E-state index in [1.54, 1.807) is 0 Å². The molecule has 0 aliphatic carbocycles. The lowest BCUT2D eigenvalue weighted by Gasteiger charge is -2.36. The average Bonchev–Trinajstić information content (AvgIpc) is 2.81. The van der Waals surface area contributed by atoms with Gasteiger partial charge in [0, 0.05) is 17.1 Å². The summed E-state index contributed by atoms with van der Waals surface area (Å²) in [5.74, 6) is 0.472. The van der Waals surface area contributed by atoms with Crippen LogP contribution in [-0.4, -0.2) is 44.0 Å². The summed E-state index contributed by atoms with van der Waals surface area (Å²) < 4.78 is 23.5. The second kappa shape index (κ2) is 6.65. The molecule has 1 heterocycles. The Morgan fingerprint density at radius 1 is 1.43 bits per heavy atom. The molecule has 1 aromatic carbocycles. The number of hydrogen-bond acceptors (Lipinski definition) is 4. The van der Waals surface area contributed by atoms with Crippen molar-refractivity contribution >= 4 is 21.4 Å². The van der Waals surface area contributed by atoms with Gasteiger partial charge in [0.25, 0.3) is 0 Å². The highest BCUT2D eigenvalue weighted by molar-refractivity contribution is 7.91. The van der Waals surface area contributed by atoms with E-state index in [1.165, 1.54) is 0 Å².